The van der Waals surface area contributed by atoms with Crippen molar-refractivity contribution < 1.29 is 9.21 Å². The number of carbonyl (C=O) groups is 1. The number of carbonyl (C=O) groups excluding carboxylic acids is 1. The first-order chi connectivity index (χ1) is 13.1. The Morgan fingerprint density at radius 3 is 2.26 bits per heavy atom. The minimum Gasteiger partial charge on any atom is -0.465 e. The van der Waals surface area contributed by atoms with Crippen LogP contribution in [0.25, 0.3) is 6.08 Å². The molecular weight excluding hydrogens is 403 g/mol. The van der Waals surface area contributed by atoms with Gasteiger partial charge in [0.2, 0.25) is 0 Å². The highest BCUT2D eigenvalue weighted by Gasteiger charge is 2.35. The van der Waals surface area contributed by atoms with Gasteiger partial charge in [0.15, 0.2) is 5.17 Å². The second-order valence-electron chi connectivity index (χ2n) is 5.61. The van der Waals surface area contributed by atoms with Crippen molar-refractivity contribution in [2.45, 2.75) is 0 Å². The Bertz CT molecular complexity index is 1030. The lowest BCUT2D eigenvalue weighted by Gasteiger charge is -2.15. The molecule has 1 fully saturated rings. The molecule has 1 amide bonds. The number of amides is 1. The van der Waals surface area contributed by atoms with Gasteiger partial charge in [0, 0.05) is 16.1 Å². The second-order valence-corrected chi connectivity index (χ2v) is 7.50. The van der Waals surface area contributed by atoms with E-state index in [1.165, 1.54) is 11.8 Å². The summed E-state index contributed by atoms with van der Waals surface area (Å²) in [4.78, 5) is 19.7. The van der Waals surface area contributed by atoms with Gasteiger partial charge in [0.25, 0.3) is 5.91 Å². The summed E-state index contributed by atoms with van der Waals surface area (Å²) in [5.74, 6) is 0.432. The zero-order chi connectivity index (χ0) is 18.8. The number of hydrogen-bond acceptors (Lipinski definition) is 4. The van der Waals surface area contributed by atoms with Gasteiger partial charge in [-0.15, -0.1) is 0 Å². The Morgan fingerprint density at radius 1 is 0.963 bits per heavy atom. The first kappa shape index (κ1) is 17.9. The third kappa shape index (κ3) is 3.95. The number of thioether (sulfide) groups is 1. The minimum atomic E-state index is -0.175. The molecule has 0 aliphatic carbocycles. The molecule has 2 heterocycles. The number of furan rings is 1. The van der Waals surface area contributed by atoms with Gasteiger partial charge in [-0.3, -0.25) is 9.69 Å². The molecule has 0 radical (unpaired) electrons. The second kappa shape index (κ2) is 7.64. The molecule has 4 nitrogen and oxygen atoms in total. The van der Waals surface area contributed by atoms with Crippen LogP contribution in [0.2, 0.25) is 10.0 Å². The first-order valence-electron chi connectivity index (χ1n) is 7.97. The van der Waals surface area contributed by atoms with Crippen LogP contribution >= 0.6 is 35.0 Å². The monoisotopic (exact) mass is 414 g/mol. The van der Waals surface area contributed by atoms with Crippen LogP contribution in [0.4, 0.5) is 11.4 Å². The largest absolute Gasteiger partial charge is 0.465 e. The Hall–Kier alpha value is -2.47. The third-order valence-electron chi connectivity index (χ3n) is 3.76. The van der Waals surface area contributed by atoms with Gasteiger partial charge in [-0.05, 0) is 72.4 Å². The van der Waals surface area contributed by atoms with Gasteiger partial charge in [-0.2, -0.15) is 0 Å². The van der Waals surface area contributed by atoms with Gasteiger partial charge in [-0.1, -0.05) is 23.2 Å². The van der Waals surface area contributed by atoms with Crippen LogP contribution < -0.4 is 4.90 Å². The lowest BCUT2D eigenvalue weighted by Crippen LogP contribution is -2.28. The zero-order valence-corrected chi connectivity index (χ0v) is 16.1. The summed E-state index contributed by atoms with van der Waals surface area (Å²) in [5.41, 5.74) is 1.39. The summed E-state index contributed by atoms with van der Waals surface area (Å²) in [6.45, 7) is 0. The number of anilines is 1. The maximum absolute atomic E-state index is 13.0. The van der Waals surface area contributed by atoms with Crippen LogP contribution in [0.3, 0.4) is 0 Å². The molecule has 7 heteroatoms. The van der Waals surface area contributed by atoms with Crippen LogP contribution in [-0.2, 0) is 4.79 Å². The molecule has 3 aromatic rings. The highest BCUT2D eigenvalue weighted by Crippen LogP contribution is 2.37. The molecule has 0 N–H and O–H groups in total. The van der Waals surface area contributed by atoms with E-state index in [4.69, 9.17) is 27.6 Å². The van der Waals surface area contributed by atoms with Crippen LogP contribution in [0.5, 0.6) is 0 Å². The Morgan fingerprint density at radius 2 is 1.63 bits per heavy atom. The molecule has 27 heavy (non-hydrogen) atoms. The van der Waals surface area contributed by atoms with E-state index >= 15 is 0 Å². The van der Waals surface area contributed by atoms with Crippen molar-refractivity contribution in [2.24, 2.45) is 4.99 Å². The number of rotatable bonds is 3. The van der Waals surface area contributed by atoms with Gasteiger partial charge in [-0.25, -0.2) is 4.99 Å². The SMILES string of the molecule is O=C1/C(=C/c2ccco2)SC(=Nc2ccc(Cl)cc2)N1c1ccc(Cl)cc1. The van der Waals surface area contributed by atoms with Crippen molar-refractivity contribution >= 4 is 63.5 Å². The van der Waals surface area contributed by atoms with Gasteiger partial charge < -0.3 is 4.42 Å². The summed E-state index contributed by atoms with van der Waals surface area (Å²) in [6, 6.07) is 17.7. The Kier molecular flexibility index (Phi) is 5.07. The third-order valence-corrected chi connectivity index (χ3v) is 5.23. The average molecular weight is 415 g/mol. The number of aliphatic imine (C=N–C) groups is 1. The van der Waals surface area contributed by atoms with Crippen LogP contribution in [0.15, 0.2) is 81.2 Å². The van der Waals surface area contributed by atoms with Crippen molar-refractivity contribution in [2.75, 3.05) is 4.90 Å². The van der Waals surface area contributed by atoms with E-state index in [-0.39, 0.29) is 5.91 Å². The highest BCUT2D eigenvalue weighted by atomic mass is 35.5. The van der Waals surface area contributed by atoms with Gasteiger partial charge in [0.05, 0.1) is 22.5 Å². The Labute approximate surface area is 170 Å². The molecule has 1 saturated heterocycles. The van der Waals surface area contributed by atoms with Crippen LogP contribution in [0, 0.1) is 0 Å². The summed E-state index contributed by atoms with van der Waals surface area (Å²) in [7, 11) is 0. The molecule has 1 aliphatic rings. The highest BCUT2D eigenvalue weighted by molar-refractivity contribution is 8.19. The molecule has 0 bridgehead atoms. The Balaban J connectivity index is 1.77. The molecule has 1 aliphatic heterocycles. The average Bonchev–Trinajstić information content (AvgIpc) is 3.27. The van der Waals surface area contributed by atoms with Crippen LogP contribution in [0.1, 0.15) is 5.76 Å². The van der Waals surface area contributed by atoms with Crippen LogP contribution in [-0.4, -0.2) is 11.1 Å². The summed E-state index contributed by atoms with van der Waals surface area (Å²) < 4.78 is 5.33. The maximum atomic E-state index is 13.0. The molecule has 0 atom stereocenters. The summed E-state index contributed by atoms with van der Waals surface area (Å²) in [5, 5.41) is 1.77. The van der Waals surface area contributed by atoms with E-state index in [9.17, 15) is 4.79 Å². The molecule has 134 valence electrons. The predicted molar refractivity (Wildman–Crippen MR) is 112 cm³/mol. The van der Waals surface area contributed by atoms with E-state index in [0.29, 0.717) is 37.3 Å². The molecule has 0 unspecified atom stereocenters. The minimum absolute atomic E-state index is 0.175. The fourth-order valence-electron chi connectivity index (χ4n) is 2.50. The quantitative estimate of drug-likeness (QED) is 0.466. The summed E-state index contributed by atoms with van der Waals surface area (Å²) in [6.07, 6.45) is 3.27. The fourth-order valence-corrected chi connectivity index (χ4v) is 3.73. The number of amidine groups is 1. The van der Waals surface area contributed by atoms with E-state index in [2.05, 4.69) is 4.99 Å². The number of halogens is 2. The molecule has 2 aromatic carbocycles. The molecule has 4 rings (SSSR count). The lowest BCUT2D eigenvalue weighted by atomic mass is 10.3. The van der Waals surface area contributed by atoms with Gasteiger partial charge >= 0.3 is 0 Å². The standard InChI is InChI=1S/C20H12Cl2N2O2S/c21-13-3-7-15(8-4-13)23-20-24(16-9-5-14(22)6-10-16)19(25)18(27-20)12-17-2-1-11-26-17/h1-12H/b18-12-,23-20?. The molecule has 0 spiro atoms. The van der Waals surface area contributed by atoms with Crippen molar-refractivity contribution in [1.82, 2.24) is 0 Å². The van der Waals surface area contributed by atoms with Gasteiger partial charge in [0.1, 0.15) is 5.76 Å². The first-order valence-corrected chi connectivity index (χ1v) is 9.55. The normalized spacial score (nSPS) is 17.3. The number of hydrogen-bond donors (Lipinski definition) is 0. The molecular formula is C20H12Cl2N2O2S. The van der Waals surface area contributed by atoms with Crippen molar-refractivity contribution in [3.63, 3.8) is 0 Å². The molecule has 0 saturated carbocycles. The topological polar surface area (TPSA) is 45.8 Å². The van der Waals surface area contributed by atoms with E-state index < -0.39 is 0 Å². The number of benzene rings is 2. The van der Waals surface area contributed by atoms with Crippen molar-refractivity contribution in [3.05, 3.63) is 87.6 Å². The van der Waals surface area contributed by atoms with Crippen molar-refractivity contribution in [1.29, 1.82) is 0 Å². The summed E-state index contributed by atoms with van der Waals surface area (Å²) >= 11 is 13.2. The molecule has 1 aromatic heterocycles. The van der Waals surface area contributed by atoms with E-state index in [1.54, 1.807) is 77.9 Å². The maximum Gasteiger partial charge on any atom is 0.271 e. The lowest BCUT2D eigenvalue weighted by molar-refractivity contribution is -0.113. The smallest absolute Gasteiger partial charge is 0.271 e. The van der Waals surface area contributed by atoms with E-state index in [0.717, 1.165) is 0 Å². The zero-order valence-electron chi connectivity index (χ0n) is 13.8. The predicted octanol–water partition coefficient (Wildman–Crippen LogP) is 6.40. The fraction of sp³-hybridized carbons (Fsp3) is 0. The van der Waals surface area contributed by atoms with Crippen molar-refractivity contribution in [3.8, 4) is 0 Å². The number of nitrogens with zero attached hydrogens (tertiary/aromatic N) is 2. The van der Waals surface area contributed by atoms with E-state index in [1.807, 2.05) is 0 Å².